The summed E-state index contributed by atoms with van der Waals surface area (Å²) in [4.78, 5) is 27.4. The Balaban J connectivity index is 1.46. The number of rotatable bonds is 12. The molecule has 46 heavy (non-hydrogen) atoms. The van der Waals surface area contributed by atoms with Crippen LogP contribution in [0, 0.1) is 0 Å². The first-order valence-corrected chi connectivity index (χ1v) is 16.7. The van der Waals surface area contributed by atoms with Gasteiger partial charge in [-0.2, -0.15) is 8.75 Å². The van der Waals surface area contributed by atoms with Gasteiger partial charge in [0, 0.05) is 24.4 Å². The van der Waals surface area contributed by atoms with Crippen LogP contribution in [0.1, 0.15) is 32.7 Å². The number of carbonyl (C=O) groups is 2. The first-order chi connectivity index (χ1) is 22.2. The van der Waals surface area contributed by atoms with E-state index in [1.54, 1.807) is 18.2 Å². The van der Waals surface area contributed by atoms with Crippen molar-refractivity contribution < 1.29 is 18.4 Å². The Hall–Kier alpha value is -3.84. The Morgan fingerprint density at radius 2 is 1.54 bits per heavy atom. The minimum atomic E-state index is -2.68. The van der Waals surface area contributed by atoms with E-state index in [2.05, 4.69) is 19.4 Å². The molecule has 0 aliphatic rings. The summed E-state index contributed by atoms with van der Waals surface area (Å²) in [7, 11) is 0. The van der Waals surface area contributed by atoms with Gasteiger partial charge in [0.2, 0.25) is 5.91 Å². The number of aromatic nitrogens is 2. The van der Waals surface area contributed by atoms with Gasteiger partial charge in [-0.05, 0) is 47.0 Å². The van der Waals surface area contributed by atoms with Crippen LogP contribution in [0.2, 0.25) is 15.1 Å². The second kappa shape index (κ2) is 15.6. The first-order valence-electron chi connectivity index (χ1n) is 13.8. The van der Waals surface area contributed by atoms with E-state index in [4.69, 9.17) is 34.8 Å². The summed E-state index contributed by atoms with van der Waals surface area (Å²) in [6.45, 7) is 0.234. The molecule has 0 aliphatic heterocycles. The predicted molar refractivity (Wildman–Crippen MR) is 183 cm³/mol. The van der Waals surface area contributed by atoms with Crippen LogP contribution in [-0.4, -0.2) is 35.4 Å². The number of carbonyl (C=O) groups excluding carboxylic acids is 2. The van der Waals surface area contributed by atoms with Gasteiger partial charge in [0.05, 0.1) is 33.0 Å². The fourth-order valence-corrected chi connectivity index (χ4v) is 6.35. The lowest BCUT2D eigenvalue weighted by molar-refractivity contribution is -0.123. The highest BCUT2D eigenvalue weighted by molar-refractivity contribution is 7.81. The number of benzene rings is 4. The Morgan fingerprint density at radius 1 is 0.848 bits per heavy atom. The highest BCUT2D eigenvalue weighted by Gasteiger charge is 2.29. The maximum atomic E-state index is 13.9. The molecule has 0 saturated heterocycles. The monoisotopic (exact) mass is 713 g/mol. The summed E-state index contributed by atoms with van der Waals surface area (Å²) in [5.74, 6) is -1.04. The minimum Gasteiger partial charge on any atom is -0.350 e. The average molecular weight is 715 g/mol. The third-order valence-electron chi connectivity index (χ3n) is 6.88. The molecule has 1 heterocycles. The zero-order valence-corrected chi connectivity index (χ0v) is 27.8. The molecule has 0 radical (unpaired) electrons. The van der Waals surface area contributed by atoms with Gasteiger partial charge in [-0.1, -0.05) is 102 Å². The van der Waals surface area contributed by atoms with Crippen molar-refractivity contribution in [2.24, 2.45) is 0 Å². The number of halogens is 3. The molecule has 3 N–H and O–H groups in total. The van der Waals surface area contributed by atoms with E-state index in [1.165, 1.54) is 18.2 Å². The van der Waals surface area contributed by atoms with E-state index in [1.807, 2.05) is 60.7 Å². The van der Waals surface area contributed by atoms with Crippen LogP contribution in [0.3, 0.4) is 0 Å². The fraction of sp³-hybridized carbons (Fsp3) is 0.125. The van der Waals surface area contributed by atoms with E-state index in [0.29, 0.717) is 27.7 Å². The molecule has 2 unspecified atom stereocenters. The first kappa shape index (κ1) is 33.5. The van der Waals surface area contributed by atoms with Crippen molar-refractivity contribution in [2.45, 2.75) is 25.4 Å². The second-order valence-corrected chi connectivity index (χ2v) is 12.7. The lowest BCUT2D eigenvalue weighted by Crippen LogP contribution is -2.48. The van der Waals surface area contributed by atoms with Gasteiger partial charge in [0.1, 0.15) is 11.7 Å². The molecule has 0 saturated carbocycles. The molecule has 0 fully saturated rings. The average Bonchev–Trinajstić information content (AvgIpc) is 3.49. The molecule has 236 valence electrons. The molecule has 5 aromatic rings. The summed E-state index contributed by atoms with van der Waals surface area (Å²) < 4.78 is 33.0. The maximum absolute atomic E-state index is 13.9. The summed E-state index contributed by atoms with van der Waals surface area (Å²) >= 11 is 16.9. The topological polar surface area (TPSA) is 125 Å². The zero-order valence-electron chi connectivity index (χ0n) is 23.9. The van der Waals surface area contributed by atoms with E-state index < -0.39 is 29.1 Å². The van der Waals surface area contributed by atoms with Crippen LogP contribution >= 0.6 is 46.5 Å². The zero-order chi connectivity index (χ0) is 32.6. The number of hydrogen-bond acceptors (Lipinski definition) is 6. The Morgan fingerprint density at radius 3 is 2.22 bits per heavy atom. The second-order valence-electron chi connectivity index (χ2n) is 10.1. The molecular formula is C32H26Cl3N5O4S2. The van der Waals surface area contributed by atoms with Crippen molar-refractivity contribution in [3.63, 3.8) is 0 Å². The van der Waals surface area contributed by atoms with Crippen LogP contribution in [0.25, 0.3) is 0 Å². The summed E-state index contributed by atoms with van der Waals surface area (Å²) in [5.41, 5.74) is 2.87. The highest BCUT2D eigenvalue weighted by Crippen LogP contribution is 2.34. The number of nitrogens with one attached hydrogen (secondary N) is 2. The van der Waals surface area contributed by atoms with Gasteiger partial charge in [-0.15, -0.1) is 0 Å². The third kappa shape index (κ3) is 8.49. The fourth-order valence-electron chi connectivity index (χ4n) is 4.65. The van der Waals surface area contributed by atoms with Crippen molar-refractivity contribution in [1.29, 1.82) is 0 Å². The van der Waals surface area contributed by atoms with Crippen molar-refractivity contribution >= 4 is 81.1 Å². The van der Waals surface area contributed by atoms with Crippen LogP contribution in [0.15, 0.2) is 97.1 Å². The molecule has 2 amide bonds. The number of amides is 2. The molecule has 0 aliphatic carbocycles. The Bertz CT molecular complexity index is 1860. The van der Waals surface area contributed by atoms with Crippen LogP contribution in [-0.2, 0) is 35.4 Å². The van der Waals surface area contributed by atoms with Gasteiger partial charge in [-0.3, -0.25) is 14.1 Å². The van der Waals surface area contributed by atoms with Crippen molar-refractivity contribution in [3.05, 3.63) is 140 Å². The molecule has 9 nitrogen and oxygen atoms in total. The normalized spacial score (nSPS) is 12.3. The summed E-state index contributed by atoms with van der Waals surface area (Å²) in [6, 6.07) is 26.9. The van der Waals surface area contributed by atoms with Crippen LogP contribution < -0.4 is 14.9 Å². The van der Waals surface area contributed by atoms with Gasteiger partial charge < -0.3 is 10.6 Å². The largest absolute Gasteiger partial charge is 0.350 e. The smallest absolute Gasteiger partial charge is 0.268 e. The van der Waals surface area contributed by atoms with Gasteiger partial charge >= 0.3 is 0 Å². The van der Waals surface area contributed by atoms with Crippen LogP contribution in [0.4, 0.5) is 11.5 Å². The van der Waals surface area contributed by atoms with E-state index in [9.17, 15) is 18.4 Å². The predicted octanol–water partition coefficient (Wildman–Crippen LogP) is 7.02. The van der Waals surface area contributed by atoms with E-state index in [0.717, 1.165) is 27.2 Å². The lowest BCUT2D eigenvalue weighted by atomic mass is 10.0. The molecule has 0 spiro atoms. The molecule has 1 aromatic heterocycles. The number of anilines is 2. The molecule has 4 aromatic carbocycles. The summed E-state index contributed by atoms with van der Waals surface area (Å²) in [6.07, 6.45) is 0.412. The van der Waals surface area contributed by atoms with Gasteiger partial charge in [0.15, 0.2) is 5.82 Å². The van der Waals surface area contributed by atoms with Gasteiger partial charge in [0.25, 0.3) is 17.2 Å². The Labute approximate surface area is 287 Å². The SMILES string of the molecule is O=C(NC(Cc1ccc(Cl)c(Cl)c1)C(=O)NCc1ccccc1)c1ccc(Cl)cc1N(c1nsnc1Cc1ccccc1)S(=O)O. The molecule has 5 rings (SSSR count). The van der Waals surface area contributed by atoms with Crippen molar-refractivity contribution in [2.75, 3.05) is 4.31 Å². The molecule has 0 bridgehead atoms. The maximum Gasteiger partial charge on any atom is 0.268 e. The van der Waals surface area contributed by atoms with E-state index in [-0.39, 0.29) is 35.1 Å². The molecule has 2 atom stereocenters. The minimum absolute atomic E-state index is 0.00539. The highest BCUT2D eigenvalue weighted by atomic mass is 35.5. The van der Waals surface area contributed by atoms with Crippen molar-refractivity contribution in [1.82, 2.24) is 19.4 Å². The molecule has 14 heteroatoms. The lowest BCUT2D eigenvalue weighted by Gasteiger charge is -2.23. The molecular weight excluding hydrogens is 689 g/mol. The quantitative estimate of drug-likeness (QED) is 0.119. The van der Waals surface area contributed by atoms with E-state index >= 15 is 0 Å². The Kier molecular flexibility index (Phi) is 11.4. The van der Waals surface area contributed by atoms with Gasteiger partial charge in [-0.25, -0.2) is 8.51 Å². The standard InChI is InChI=1S/C32H26Cl3N5O4S2/c33-23-12-13-24(29(18-23)40(46(43)44)30-27(38-45-39-30)16-20-7-3-1-4-8-20)31(41)37-28(17-22-11-14-25(34)26(35)15-22)32(42)36-19-21-9-5-2-6-10-21/h1-15,18,28H,16-17,19H2,(H,36,42)(H,37,41)(H,43,44). The van der Waals surface area contributed by atoms with Crippen molar-refractivity contribution in [3.8, 4) is 0 Å². The van der Waals surface area contributed by atoms with Crippen LogP contribution in [0.5, 0.6) is 0 Å². The summed E-state index contributed by atoms with van der Waals surface area (Å²) in [5, 5.41) is 6.53. The number of nitrogens with zero attached hydrogens (tertiary/aromatic N) is 3. The third-order valence-corrected chi connectivity index (χ3v) is 9.09. The number of hydrogen-bond donors (Lipinski definition) is 3.